The summed E-state index contributed by atoms with van der Waals surface area (Å²) in [6, 6.07) is 19.0. The summed E-state index contributed by atoms with van der Waals surface area (Å²) >= 11 is 0. The van der Waals surface area contributed by atoms with Gasteiger partial charge in [0.25, 0.3) is 5.91 Å². The van der Waals surface area contributed by atoms with E-state index in [9.17, 15) is 4.79 Å². The first-order valence-electron chi connectivity index (χ1n) is 9.97. The number of carbonyl (C=O) groups excluding carboxylic acids is 1. The van der Waals surface area contributed by atoms with Gasteiger partial charge in [0.05, 0.1) is 24.7 Å². The van der Waals surface area contributed by atoms with Crippen LogP contribution in [-0.2, 0) is 6.42 Å². The summed E-state index contributed by atoms with van der Waals surface area (Å²) in [5, 5.41) is 6.41. The first kappa shape index (κ1) is 21.3. The molecule has 0 saturated carbocycles. The van der Waals surface area contributed by atoms with E-state index >= 15 is 0 Å². The van der Waals surface area contributed by atoms with E-state index < -0.39 is 0 Å². The number of benzene rings is 2. The van der Waals surface area contributed by atoms with Crippen molar-refractivity contribution < 1.29 is 9.53 Å². The number of rotatable bonds is 9. The fraction of sp³-hybridized carbons (Fsp3) is 0.250. The molecule has 0 unspecified atom stereocenters. The number of pyridine rings is 1. The number of carbonyl (C=O) groups is 1. The Labute approximate surface area is 177 Å². The molecule has 2 N–H and O–H groups in total. The molecule has 3 aromatic rings. The van der Waals surface area contributed by atoms with E-state index in [1.54, 1.807) is 31.5 Å². The monoisotopic (exact) mass is 404 g/mol. The van der Waals surface area contributed by atoms with E-state index in [0.717, 1.165) is 25.1 Å². The van der Waals surface area contributed by atoms with Crippen LogP contribution in [0.5, 0.6) is 5.88 Å². The number of aryl methyl sites for hydroxylation is 1. The zero-order chi connectivity index (χ0) is 21.3. The molecule has 6 nitrogen and oxygen atoms in total. The van der Waals surface area contributed by atoms with Crippen LogP contribution in [0, 0.1) is 0 Å². The van der Waals surface area contributed by atoms with Gasteiger partial charge in [-0.15, -0.1) is 0 Å². The normalized spacial score (nSPS) is 10.7. The van der Waals surface area contributed by atoms with Crippen molar-refractivity contribution in [2.75, 3.05) is 38.4 Å². The third-order valence-electron chi connectivity index (χ3n) is 4.71. The molecule has 0 radical (unpaired) electrons. The van der Waals surface area contributed by atoms with Crippen LogP contribution in [0.4, 0.5) is 17.1 Å². The van der Waals surface area contributed by atoms with Crippen molar-refractivity contribution in [1.82, 2.24) is 9.88 Å². The van der Waals surface area contributed by atoms with Crippen LogP contribution in [0.25, 0.3) is 0 Å². The Morgan fingerprint density at radius 3 is 2.47 bits per heavy atom. The number of ether oxygens (including phenoxy) is 1. The standard InChI is InChI=1S/C24H28N4O2/c1-28(2)15-9-13-18-10-7-8-14-20(18)26-22-17-25-23(30-3)16-21(22)27-24(29)19-11-5-4-6-12-19/h4-8,10-12,14,16-17,26H,9,13,15H2,1-3H3,(H,25,27,29). The van der Waals surface area contributed by atoms with E-state index in [1.165, 1.54) is 5.56 Å². The molecule has 0 fully saturated rings. The number of methoxy groups -OCH3 is 1. The number of para-hydroxylation sites is 1. The van der Waals surface area contributed by atoms with Gasteiger partial charge in [0.1, 0.15) is 0 Å². The number of nitrogens with zero attached hydrogens (tertiary/aromatic N) is 2. The van der Waals surface area contributed by atoms with Gasteiger partial charge in [0.2, 0.25) is 5.88 Å². The van der Waals surface area contributed by atoms with Crippen molar-refractivity contribution in [2.45, 2.75) is 12.8 Å². The molecule has 1 aromatic heterocycles. The smallest absolute Gasteiger partial charge is 0.255 e. The number of aromatic nitrogens is 1. The molecular formula is C24H28N4O2. The molecule has 3 rings (SSSR count). The number of hydrogen-bond acceptors (Lipinski definition) is 5. The Hall–Kier alpha value is -3.38. The summed E-state index contributed by atoms with van der Waals surface area (Å²) in [5.74, 6) is 0.245. The Balaban J connectivity index is 1.83. The molecule has 6 heteroatoms. The number of hydrogen-bond donors (Lipinski definition) is 2. The molecule has 0 atom stereocenters. The SMILES string of the molecule is COc1cc(NC(=O)c2ccccc2)c(Nc2ccccc2CCCN(C)C)cn1. The highest BCUT2D eigenvalue weighted by Gasteiger charge is 2.13. The van der Waals surface area contributed by atoms with Crippen molar-refractivity contribution in [2.24, 2.45) is 0 Å². The van der Waals surface area contributed by atoms with Crippen molar-refractivity contribution in [3.8, 4) is 5.88 Å². The maximum Gasteiger partial charge on any atom is 0.255 e. The zero-order valence-electron chi connectivity index (χ0n) is 17.7. The van der Waals surface area contributed by atoms with Gasteiger partial charge in [-0.3, -0.25) is 4.79 Å². The molecule has 2 aromatic carbocycles. The summed E-state index contributed by atoms with van der Waals surface area (Å²) in [4.78, 5) is 19.2. The van der Waals surface area contributed by atoms with Gasteiger partial charge < -0.3 is 20.3 Å². The van der Waals surface area contributed by atoms with Crippen LogP contribution in [0.1, 0.15) is 22.3 Å². The second-order valence-corrected chi connectivity index (χ2v) is 7.28. The quantitative estimate of drug-likeness (QED) is 0.546. The molecule has 1 heterocycles. The van der Waals surface area contributed by atoms with Gasteiger partial charge in [-0.2, -0.15) is 0 Å². The third kappa shape index (κ3) is 5.81. The van der Waals surface area contributed by atoms with E-state index in [2.05, 4.69) is 40.7 Å². The summed E-state index contributed by atoms with van der Waals surface area (Å²) in [6.45, 7) is 1.02. The zero-order valence-corrected chi connectivity index (χ0v) is 17.7. The van der Waals surface area contributed by atoms with Crippen LogP contribution in [0.3, 0.4) is 0 Å². The Bertz CT molecular complexity index is 974. The number of nitrogens with one attached hydrogen (secondary N) is 2. The van der Waals surface area contributed by atoms with Crippen molar-refractivity contribution in [3.63, 3.8) is 0 Å². The van der Waals surface area contributed by atoms with Gasteiger partial charge in [0.15, 0.2) is 0 Å². The average Bonchev–Trinajstić information content (AvgIpc) is 2.76. The van der Waals surface area contributed by atoms with Gasteiger partial charge in [-0.1, -0.05) is 36.4 Å². The molecular weight excluding hydrogens is 376 g/mol. The second kappa shape index (κ2) is 10.4. The maximum absolute atomic E-state index is 12.7. The molecule has 0 aliphatic rings. The van der Waals surface area contributed by atoms with Crippen LogP contribution in [-0.4, -0.2) is 43.5 Å². The predicted molar refractivity (Wildman–Crippen MR) is 122 cm³/mol. The van der Waals surface area contributed by atoms with Gasteiger partial charge in [0, 0.05) is 17.3 Å². The summed E-state index contributed by atoms with van der Waals surface area (Å²) < 4.78 is 5.25. The molecule has 1 amide bonds. The van der Waals surface area contributed by atoms with Crippen LogP contribution in [0.2, 0.25) is 0 Å². The molecule has 0 saturated heterocycles. The van der Waals surface area contributed by atoms with E-state index in [-0.39, 0.29) is 5.91 Å². The third-order valence-corrected chi connectivity index (χ3v) is 4.71. The summed E-state index contributed by atoms with van der Waals surface area (Å²) in [6.07, 6.45) is 3.69. The molecule has 156 valence electrons. The molecule has 0 bridgehead atoms. The molecule has 0 spiro atoms. The molecule has 0 aliphatic heterocycles. The lowest BCUT2D eigenvalue weighted by atomic mass is 10.1. The van der Waals surface area contributed by atoms with E-state index in [0.29, 0.717) is 22.8 Å². The van der Waals surface area contributed by atoms with Gasteiger partial charge in [-0.05, 0) is 57.2 Å². The summed E-state index contributed by atoms with van der Waals surface area (Å²) in [7, 11) is 5.71. The largest absolute Gasteiger partial charge is 0.481 e. The van der Waals surface area contributed by atoms with Crippen LogP contribution >= 0.6 is 0 Å². The van der Waals surface area contributed by atoms with Gasteiger partial charge in [-0.25, -0.2) is 4.98 Å². The lowest BCUT2D eigenvalue weighted by Crippen LogP contribution is -2.14. The Kier molecular flexibility index (Phi) is 7.40. The minimum absolute atomic E-state index is 0.189. The predicted octanol–water partition coefficient (Wildman–Crippen LogP) is 4.58. The maximum atomic E-state index is 12.7. The molecule has 30 heavy (non-hydrogen) atoms. The van der Waals surface area contributed by atoms with Crippen molar-refractivity contribution in [1.29, 1.82) is 0 Å². The first-order chi connectivity index (χ1) is 14.6. The molecule has 0 aliphatic carbocycles. The average molecular weight is 405 g/mol. The van der Waals surface area contributed by atoms with E-state index in [1.807, 2.05) is 36.4 Å². The van der Waals surface area contributed by atoms with E-state index in [4.69, 9.17) is 4.74 Å². The topological polar surface area (TPSA) is 66.5 Å². The van der Waals surface area contributed by atoms with Crippen LogP contribution in [0.15, 0.2) is 66.9 Å². The minimum Gasteiger partial charge on any atom is -0.481 e. The minimum atomic E-state index is -0.189. The lowest BCUT2D eigenvalue weighted by molar-refractivity contribution is 0.102. The van der Waals surface area contributed by atoms with Crippen molar-refractivity contribution in [3.05, 3.63) is 78.0 Å². The van der Waals surface area contributed by atoms with Crippen LogP contribution < -0.4 is 15.4 Å². The highest BCUT2D eigenvalue weighted by atomic mass is 16.5. The fourth-order valence-electron chi connectivity index (χ4n) is 3.13. The highest BCUT2D eigenvalue weighted by molar-refractivity contribution is 6.06. The fourth-order valence-corrected chi connectivity index (χ4v) is 3.13. The first-order valence-corrected chi connectivity index (χ1v) is 9.97. The Morgan fingerprint density at radius 1 is 1.00 bits per heavy atom. The second-order valence-electron chi connectivity index (χ2n) is 7.28. The highest BCUT2D eigenvalue weighted by Crippen LogP contribution is 2.30. The van der Waals surface area contributed by atoms with Gasteiger partial charge >= 0.3 is 0 Å². The van der Waals surface area contributed by atoms with Crippen molar-refractivity contribution >= 4 is 23.0 Å². The Morgan fingerprint density at radius 2 is 1.73 bits per heavy atom. The number of amides is 1. The summed E-state index contributed by atoms with van der Waals surface area (Å²) in [5.41, 5.74) is 4.12. The lowest BCUT2D eigenvalue weighted by Gasteiger charge is -2.17. The number of anilines is 3.